The van der Waals surface area contributed by atoms with Gasteiger partial charge in [0.05, 0.1) is 23.4 Å². The topological polar surface area (TPSA) is 128 Å². The SMILES string of the molecule is CCOc1cc(/C=N\NC(=O)c2ccc(-c3csc(Nc4ccc(Cl)cc4)n3)cc2)ccc1OCc1cccc([N+](=O)[O-])c1. The van der Waals surface area contributed by atoms with Crippen LogP contribution in [0.2, 0.25) is 5.02 Å². The number of nitro groups is 1. The average molecular weight is 628 g/mol. The van der Waals surface area contributed by atoms with Crippen molar-refractivity contribution in [1.29, 1.82) is 0 Å². The van der Waals surface area contributed by atoms with Crippen molar-refractivity contribution in [2.75, 3.05) is 11.9 Å². The number of thiazole rings is 1. The smallest absolute Gasteiger partial charge is 0.271 e. The zero-order valence-corrected chi connectivity index (χ0v) is 25.0. The lowest BCUT2D eigenvalue weighted by Gasteiger charge is -2.12. The van der Waals surface area contributed by atoms with E-state index in [1.807, 2.05) is 48.7 Å². The molecule has 0 saturated heterocycles. The second-order valence-electron chi connectivity index (χ2n) is 9.30. The molecule has 0 aliphatic rings. The quantitative estimate of drug-likeness (QED) is 0.0818. The van der Waals surface area contributed by atoms with Crippen molar-refractivity contribution in [2.45, 2.75) is 13.5 Å². The van der Waals surface area contributed by atoms with Crippen LogP contribution in [0.15, 0.2) is 101 Å². The molecular weight excluding hydrogens is 602 g/mol. The van der Waals surface area contributed by atoms with Crippen molar-refractivity contribution in [3.05, 3.63) is 128 Å². The maximum Gasteiger partial charge on any atom is 0.271 e. The minimum Gasteiger partial charge on any atom is -0.490 e. The Morgan fingerprint density at radius 2 is 1.82 bits per heavy atom. The third-order valence-electron chi connectivity index (χ3n) is 6.21. The van der Waals surface area contributed by atoms with Gasteiger partial charge in [-0.3, -0.25) is 14.9 Å². The van der Waals surface area contributed by atoms with Crippen molar-refractivity contribution in [3.8, 4) is 22.8 Å². The van der Waals surface area contributed by atoms with Gasteiger partial charge in [0.1, 0.15) is 6.61 Å². The molecule has 0 fully saturated rings. The van der Waals surface area contributed by atoms with Crippen molar-refractivity contribution in [1.82, 2.24) is 10.4 Å². The monoisotopic (exact) mass is 627 g/mol. The number of anilines is 2. The van der Waals surface area contributed by atoms with E-state index in [-0.39, 0.29) is 18.2 Å². The molecular formula is C32H26ClN5O5S. The molecule has 12 heteroatoms. The molecule has 4 aromatic carbocycles. The first-order valence-corrected chi connectivity index (χ1v) is 14.7. The molecule has 0 aliphatic carbocycles. The van der Waals surface area contributed by atoms with Gasteiger partial charge >= 0.3 is 0 Å². The Morgan fingerprint density at radius 1 is 1.02 bits per heavy atom. The molecule has 0 unspecified atom stereocenters. The van der Waals surface area contributed by atoms with Gasteiger partial charge in [-0.15, -0.1) is 11.3 Å². The zero-order chi connectivity index (χ0) is 30.9. The van der Waals surface area contributed by atoms with Gasteiger partial charge in [0.15, 0.2) is 16.6 Å². The summed E-state index contributed by atoms with van der Waals surface area (Å²) in [6.45, 7) is 2.39. The number of benzene rings is 4. The van der Waals surface area contributed by atoms with E-state index in [0.717, 1.165) is 22.1 Å². The molecule has 5 rings (SSSR count). The predicted octanol–water partition coefficient (Wildman–Crippen LogP) is 7.86. The van der Waals surface area contributed by atoms with Gasteiger partial charge in [-0.05, 0) is 72.6 Å². The largest absolute Gasteiger partial charge is 0.490 e. The first-order chi connectivity index (χ1) is 21.4. The molecule has 0 saturated carbocycles. The second-order valence-corrected chi connectivity index (χ2v) is 10.6. The number of aromatic nitrogens is 1. The highest BCUT2D eigenvalue weighted by molar-refractivity contribution is 7.14. The van der Waals surface area contributed by atoms with Gasteiger partial charge < -0.3 is 14.8 Å². The number of hydrazone groups is 1. The normalized spacial score (nSPS) is 10.9. The van der Waals surface area contributed by atoms with Crippen LogP contribution in [-0.2, 0) is 6.61 Å². The molecule has 1 heterocycles. The zero-order valence-electron chi connectivity index (χ0n) is 23.4. The van der Waals surface area contributed by atoms with Crippen LogP contribution in [0.1, 0.15) is 28.4 Å². The van der Waals surface area contributed by atoms with Crippen LogP contribution < -0.4 is 20.2 Å². The molecule has 0 atom stereocenters. The maximum absolute atomic E-state index is 12.7. The summed E-state index contributed by atoms with van der Waals surface area (Å²) in [5.41, 5.74) is 6.87. The van der Waals surface area contributed by atoms with E-state index >= 15 is 0 Å². The molecule has 0 bridgehead atoms. The number of ether oxygens (including phenoxy) is 2. The summed E-state index contributed by atoms with van der Waals surface area (Å²) in [6, 6.07) is 26.0. The predicted molar refractivity (Wildman–Crippen MR) is 172 cm³/mol. The molecule has 1 aromatic heterocycles. The number of carbonyl (C=O) groups excluding carboxylic acids is 1. The van der Waals surface area contributed by atoms with E-state index < -0.39 is 4.92 Å². The Labute approximate surface area is 262 Å². The van der Waals surface area contributed by atoms with E-state index in [1.165, 1.54) is 29.7 Å². The van der Waals surface area contributed by atoms with Gasteiger partial charge in [0.2, 0.25) is 0 Å². The lowest BCUT2D eigenvalue weighted by atomic mass is 10.1. The Hall–Kier alpha value is -5.26. The number of nitrogens with zero attached hydrogens (tertiary/aromatic N) is 3. The number of amides is 1. The summed E-state index contributed by atoms with van der Waals surface area (Å²) >= 11 is 7.43. The van der Waals surface area contributed by atoms with Gasteiger partial charge in [0, 0.05) is 39.3 Å². The van der Waals surface area contributed by atoms with Crippen molar-refractivity contribution in [2.24, 2.45) is 5.10 Å². The fourth-order valence-electron chi connectivity index (χ4n) is 4.06. The summed E-state index contributed by atoms with van der Waals surface area (Å²) in [5, 5.41) is 21.7. The van der Waals surface area contributed by atoms with E-state index in [9.17, 15) is 14.9 Å². The third kappa shape index (κ3) is 7.97. The summed E-state index contributed by atoms with van der Waals surface area (Å²) in [6.07, 6.45) is 1.50. The van der Waals surface area contributed by atoms with Crippen molar-refractivity contribution >= 4 is 51.6 Å². The van der Waals surface area contributed by atoms with E-state index in [1.54, 1.807) is 42.5 Å². The number of hydrogen-bond donors (Lipinski definition) is 2. The minimum atomic E-state index is -0.447. The number of nitrogens with one attached hydrogen (secondary N) is 2. The Bertz CT molecular complexity index is 1790. The lowest BCUT2D eigenvalue weighted by Crippen LogP contribution is -2.17. The van der Waals surface area contributed by atoms with Crippen LogP contribution in [0.3, 0.4) is 0 Å². The molecule has 10 nitrogen and oxygen atoms in total. The average Bonchev–Trinajstić information content (AvgIpc) is 3.50. The Kier molecular flexibility index (Phi) is 9.80. The van der Waals surface area contributed by atoms with Crippen LogP contribution in [0.25, 0.3) is 11.3 Å². The Morgan fingerprint density at radius 3 is 2.57 bits per heavy atom. The highest BCUT2D eigenvalue weighted by Crippen LogP contribution is 2.30. The molecule has 0 aliphatic heterocycles. The summed E-state index contributed by atoms with van der Waals surface area (Å²) in [4.78, 5) is 27.9. The summed E-state index contributed by atoms with van der Waals surface area (Å²) in [7, 11) is 0. The number of hydrogen-bond acceptors (Lipinski definition) is 9. The highest BCUT2D eigenvalue weighted by Gasteiger charge is 2.11. The summed E-state index contributed by atoms with van der Waals surface area (Å²) < 4.78 is 11.6. The molecule has 5 aromatic rings. The first-order valence-electron chi connectivity index (χ1n) is 13.4. The van der Waals surface area contributed by atoms with Gasteiger partial charge in [-0.2, -0.15) is 5.10 Å². The second kappa shape index (κ2) is 14.3. The fourth-order valence-corrected chi connectivity index (χ4v) is 4.92. The number of halogens is 1. The molecule has 0 spiro atoms. The van der Waals surface area contributed by atoms with Crippen LogP contribution in [0.5, 0.6) is 11.5 Å². The minimum absolute atomic E-state index is 0.00232. The van der Waals surface area contributed by atoms with Gasteiger partial charge in [-0.1, -0.05) is 35.9 Å². The number of non-ortho nitro benzene ring substituents is 1. The lowest BCUT2D eigenvalue weighted by molar-refractivity contribution is -0.384. The highest BCUT2D eigenvalue weighted by atomic mass is 35.5. The summed E-state index contributed by atoms with van der Waals surface area (Å²) in [5.74, 6) is 0.600. The molecule has 0 radical (unpaired) electrons. The van der Waals surface area contributed by atoms with Crippen molar-refractivity contribution in [3.63, 3.8) is 0 Å². The number of nitro benzene ring substituents is 1. The number of carbonyl (C=O) groups is 1. The van der Waals surface area contributed by atoms with Crippen molar-refractivity contribution < 1.29 is 19.2 Å². The van der Waals surface area contributed by atoms with E-state index in [0.29, 0.717) is 39.8 Å². The number of rotatable bonds is 12. The molecule has 44 heavy (non-hydrogen) atoms. The standard InChI is InChI=1S/C32H26ClN5O5S/c1-2-42-30-17-21(6-15-29(30)43-19-22-4-3-5-27(16-22)38(40)41)18-34-37-31(39)24-9-7-23(8-10-24)28-20-44-32(36-28)35-26-13-11-25(33)12-14-26/h3-18,20H,2,19H2,1H3,(H,35,36)(H,37,39)/b34-18-. The van der Waals surface area contributed by atoms with Gasteiger partial charge in [0.25, 0.3) is 11.6 Å². The van der Waals surface area contributed by atoms with Crippen LogP contribution in [-0.4, -0.2) is 28.6 Å². The first kappa shape index (κ1) is 30.2. The maximum atomic E-state index is 12.7. The third-order valence-corrected chi connectivity index (χ3v) is 7.22. The van der Waals surface area contributed by atoms with Crippen LogP contribution in [0, 0.1) is 10.1 Å². The van der Waals surface area contributed by atoms with Crippen LogP contribution in [0.4, 0.5) is 16.5 Å². The fraction of sp³-hybridized carbons (Fsp3) is 0.0938. The molecule has 1 amide bonds. The van der Waals surface area contributed by atoms with Gasteiger partial charge in [-0.25, -0.2) is 10.4 Å². The van der Waals surface area contributed by atoms with E-state index in [4.69, 9.17) is 21.1 Å². The van der Waals surface area contributed by atoms with Crippen LogP contribution >= 0.6 is 22.9 Å². The molecule has 222 valence electrons. The van der Waals surface area contributed by atoms with E-state index in [2.05, 4.69) is 20.8 Å². The molecule has 2 N–H and O–H groups in total. The Balaban J connectivity index is 1.17.